The van der Waals surface area contributed by atoms with Gasteiger partial charge < -0.3 is 15.0 Å². The minimum absolute atomic E-state index is 0.237. The van der Waals surface area contributed by atoms with E-state index in [0.717, 1.165) is 35.5 Å². The third-order valence-electron chi connectivity index (χ3n) is 4.46. The predicted molar refractivity (Wildman–Crippen MR) is 103 cm³/mol. The summed E-state index contributed by atoms with van der Waals surface area (Å²) < 4.78 is 5.39. The van der Waals surface area contributed by atoms with Gasteiger partial charge in [-0.25, -0.2) is 15.0 Å². The lowest BCUT2D eigenvalue weighted by molar-refractivity contribution is 0.0945. The second-order valence-electron chi connectivity index (χ2n) is 6.46. The average molecular weight is 363 g/mol. The van der Waals surface area contributed by atoms with Gasteiger partial charge in [0.2, 0.25) is 0 Å². The third kappa shape index (κ3) is 4.03. The molecule has 1 aliphatic heterocycles. The number of pyridine rings is 1. The Morgan fingerprint density at radius 2 is 1.93 bits per heavy atom. The van der Waals surface area contributed by atoms with Crippen molar-refractivity contribution in [2.24, 2.45) is 0 Å². The Balaban J connectivity index is 1.47. The zero-order chi connectivity index (χ0) is 18.6. The van der Waals surface area contributed by atoms with Gasteiger partial charge >= 0.3 is 0 Å². The Bertz CT molecular complexity index is 969. The second-order valence-corrected chi connectivity index (χ2v) is 6.46. The molecular weight excluding hydrogens is 342 g/mol. The summed E-state index contributed by atoms with van der Waals surface area (Å²) >= 11 is 0. The van der Waals surface area contributed by atoms with Crippen LogP contribution in [0.15, 0.2) is 42.5 Å². The normalized spacial score (nSPS) is 14.3. The maximum absolute atomic E-state index is 12.5. The number of nitrogens with zero attached hydrogens (tertiary/aromatic N) is 4. The first-order chi connectivity index (χ1) is 13.2. The molecule has 0 atom stereocenters. The first-order valence-corrected chi connectivity index (χ1v) is 9.00. The van der Waals surface area contributed by atoms with E-state index in [1.165, 1.54) is 0 Å². The van der Waals surface area contributed by atoms with Crippen molar-refractivity contribution < 1.29 is 9.53 Å². The van der Waals surface area contributed by atoms with Crippen LogP contribution in [0.5, 0.6) is 0 Å². The summed E-state index contributed by atoms with van der Waals surface area (Å²) in [6.45, 7) is 5.20. The lowest BCUT2D eigenvalue weighted by atomic mass is 10.2. The van der Waals surface area contributed by atoms with Gasteiger partial charge in [0, 0.05) is 30.2 Å². The highest BCUT2D eigenvalue weighted by Crippen LogP contribution is 2.15. The molecule has 3 heterocycles. The Morgan fingerprint density at radius 3 is 2.78 bits per heavy atom. The van der Waals surface area contributed by atoms with Crippen LogP contribution in [0.3, 0.4) is 0 Å². The Morgan fingerprint density at radius 1 is 1.11 bits per heavy atom. The van der Waals surface area contributed by atoms with Crippen LogP contribution < -0.4 is 10.2 Å². The number of para-hydroxylation sites is 1. The van der Waals surface area contributed by atoms with Crippen molar-refractivity contribution in [3.8, 4) is 0 Å². The molecular formula is C20H21N5O2. The molecule has 0 unspecified atom stereocenters. The van der Waals surface area contributed by atoms with Gasteiger partial charge in [0.25, 0.3) is 5.91 Å². The van der Waals surface area contributed by atoms with E-state index in [0.29, 0.717) is 24.7 Å². The fourth-order valence-corrected chi connectivity index (χ4v) is 3.09. The zero-order valence-electron chi connectivity index (χ0n) is 15.2. The highest BCUT2D eigenvalue weighted by molar-refractivity contribution is 5.94. The molecule has 3 aromatic rings. The number of hydrogen-bond acceptors (Lipinski definition) is 6. The van der Waals surface area contributed by atoms with Crippen molar-refractivity contribution >= 4 is 22.6 Å². The van der Waals surface area contributed by atoms with Gasteiger partial charge in [-0.2, -0.15) is 0 Å². The van der Waals surface area contributed by atoms with Crippen molar-refractivity contribution in [2.75, 3.05) is 31.2 Å². The summed E-state index contributed by atoms with van der Waals surface area (Å²) in [7, 11) is 0. The van der Waals surface area contributed by atoms with Gasteiger partial charge in [-0.05, 0) is 19.1 Å². The maximum atomic E-state index is 12.5. The van der Waals surface area contributed by atoms with E-state index < -0.39 is 0 Å². The predicted octanol–water partition coefficient (Wildman–Crippen LogP) is 2.10. The number of amides is 1. The number of carbonyl (C=O) groups excluding carboxylic acids is 1. The van der Waals surface area contributed by atoms with Crippen molar-refractivity contribution in [1.29, 1.82) is 0 Å². The summed E-state index contributed by atoms with van der Waals surface area (Å²) in [5.74, 6) is 1.23. The highest BCUT2D eigenvalue weighted by Gasteiger charge is 2.15. The number of benzene rings is 1. The van der Waals surface area contributed by atoms with Crippen LogP contribution in [0.1, 0.15) is 22.0 Å². The molecule has 1 fully saturated rings. The molecule has 0 spiro atoms. The molecule has 2 aromatic heterocycles. The van der Waals surface area contributed by atoms with Crippen molar-refractivity contribution in [2.45, 2.75) is 13.5 Å². The Kier molecular flexibility index (Phi) is 4.93. The molecule has 138 valence electrons. The molecule has 7 nitrogen and oxygen atoms in total. The molecule has 4 rings (SSSR count). The number of aryl methyl sites for hydroxylation is 1. The van der Waals surface area contributed by atoms with Crippen LogP contribution in [0.4, 0.5) is 5.82 Å². The van der Waals surface area contributed by atoms with Crippen molar-refractivity contribution in [3.05, 3.63) is 59.7 Å². The minimum atomic E-state index is -0.237. The first-order valence-electron chi connectivity index (χ1n) is 9.00. The van der Waals surface area contributed by atoms with E-state index in [4.69, 9.17) is 4.74 Å². The van der Waals surface area contributed by atoms with E-state index in [1.54, 1.807) is 6.07 Å². The molecule has 1 aliphatic rings. The van der Waals surface area contributed by atoms with Crippen LogP contribution in [0.2, 0.25) is 0 Å². The third-order valence-corrected chi connectivity index (χ3v) is 4.46. The van der Waals surface area contributed by atoms with Crippen molar-refractivity contribution in [1.82, 2.24) is 20.3 Å². The molecule has 1 N–H and O–H groups in total. The van der Waals surface area contributed by atoms with Crippen LogP contribution >= 0.6 is 0 Å². The molecule has 0 radical (unpaired) electrons. The molecule has 0 bridgehead atoms. The topological polar surface area (TPSA) is 80.2 Å². The van der Waals surface area contributed by atoms with Crippen molar-refractivity contribution in [3.63, 3.8) is 0 Å². The zero-order valence-corrected chi connectivity index (χ0v) is 15.2. The minimum Gasteiger partial charge on any atom is -0.378 e. The summed E-state index contributed by atoms with van der Waals surface area (Å²) in [5.41, 5.74) is 2.06. The standard InChI is InChI=1S/C20H21N5O2/c1-14-12-19(25-8-10-27-11-9-25)24-18(22-14)13-21-20(26)17-7-6-15-4-2-3-5-16(15)23-17/h2-7,12H,8-11,13H2,1H3,(H,21,26). The van der Waals surface area contributed by atoms with E-state index in [-0.39, 0.29) is 12.5 Å². The van der Waals surface area contributed by atoms with Gasteiger partial charge in [0.15, 0.2) is 0 Å². The molecule has 0 aliphatic carbocycles. The van der Waals surface area contributed by atoms with Crippen LogP contribution in [-0.2, 0) is 11.3 Å². The Hall–Kier alpha value is -3.06. The number of aromatic nitrogens is 3. The first kappa shape index (κ1) is 17.4. The summed E-state index contributed by atoms with van der Waals surface area (Å²) in [4.78, 5) is 28.1. The molecule has 1 saturated heterocycles. The molecule has 1 amide bonds. The van der Waals surface area contributed by atoms with Gasteiger partial charge in [0.1, 0.15) is 17.3 Å². The quantitative estimate of drug-likeness (QED) is 0.765. The van der Waals surface area contributed by atoms with Crippen LogP contribution in [0, 0.1) is 6.92 Å². The average Bonchev–Trinajstić information content (AvgIpc) is 2.72. The maximum Gasteiger partial charge on any atom is 0.270 e. The number of morpholine rings is 1. The second kappa shape index (κ2) is 7.67. The van der Waals surface area contributed by atoms with E-state index in [2.05, 4.69) is 25.2 Å². The number of anilines is 1. The Labute approximate surface area is 157 Å². The number of rotatable bonds is 4. The number of nitrogens with one attached hydrogen (secondary N) is 1. The summed E-state index contributed by atoms with van der Waals surface area (Å²) in [6.07, 6.45) is 0. The van der Waals surface area contributed by atoms with E-state index >= 15 is 0 Å². The molecule has 27 heavy (non-hydrogen) atoms. The van der Waals surface area contributed by atoms with E-state index in [9.17, 15) is 4.79 Å². The van der Waals surface area contributed by atoms with Gasteiger partial charge in [-0.1, -0.05) is 24.3 Å². The number of ether oxygens (including phenoxy) is 1. The lowest BCUT2D eigenvalue weighted by Gasteiger charge is -2.28. The molecule has 0 saturated carbocycles. The molecule has 7 heteroatoms. The fraction of sp³-hybridized carbons (Fsp3) is 0.300. The monoisotopic (exact) mass is 363 g/mol. The van der Waals surface area contributed by atoms with Gasteiger partial charge in [-0.3, -0.25) is 4.79 Å². The van der Waals surface area contributed by atoms with Gasteiger partial charge in [-0.15, -0.1) is 0 Å². The van der Waals surface area contributed by atoms with Gasteiger partial charge in [0.05, 0.1) is 25.3 Å². The smallest absolute Gasteiger partial charge is 0.270 e. The fourth-order valence-electron chi connectivity index (χ4n) is 3.09. The largest absolute Gasteiger partial charge is 0.378 e. The summed E-state index contributed by atoms with van der Waals surface area (Å²) in [6, 6.07) is 13.3. The number of carbonyl (C=O) groups is 1. The summed E-state index contributed by atoms with van der Waals surface area (Å²) in [5, 5.41) is 3.87. The lowest BCUT2D eigenvalue weighted by Crippen LogP contribution is -2.37. The number of hydrogen-bond donors (Lipinski definition) is 1. The molecule has 1 aromatic carbocycles. The van der Waals surface area contributed by atoms with Crippen LogP contribution in [-0.4, -0.2) is 47.2 Å². The SMILES string of the molecule is Cc1cc(N2CCOCC2)nc(CNC(=O)c2ccc3ccccc3n2)n1. The number of fused-ring (bicyclic) bond motifs is 1. The van der Waals surface area contributed by atoms with E-state index in [1.807, 2.05) is 43.3 Å². The highest BCUT2D eigenvalue weighted by atomic mass is 16.5. The van der Waals surface area contributed by atoms with Crippen LogP contribution in [0.25, 0.3) is 10.9 Å².